The van der Waals surface area contributed by atoms with Crippen LogP contribution >= 0.6 is 0 Å². The van der Waals surface area contributed by atoms with E-state index in [9.17, 15) is 9.59 Å². The fourth-order valence-corrected chi connectivity index (χ4v) is 3.84. The van der Waals surface area contributed by atoms with Gasteiger partial charge in [-0.2, -0.15) is 0 Å². The van der Waals surface area contributed by atoms with Crippen molar-refractivity contribution in [1.82, 2.24) is 15.2 Å². The highest BCUT2D eigenvalue weighted by Crippen LogP contribution is 2.19. The summed E-state index contributed by atoms with van der Waals surface area (Å²) in [5, 5.41) is 3.81. The second kappa shape index (κ2) is 7.37. The molecule has 2 aromatic carbocycles. The monoisotopic (exact) mass is 361 g/mol. The van der Waals surface area contributed by atoms with Crippen molar-refractivity contribution in [1.29, 1.82) is 0 Å². The average molecular weight is 361 g/mol. The summed E-state index contributed by atoms with van der Waals surface area (Å²) in [6, 6.07) is 17.3. The minimum atomic E-state index is -0.265. The summed E-state index contributed by atoms with van der Waals surface area (Å²) >= 11 is 0. The van der Waals surface area contributed by atoms with Gasteiger partial charge in [-0.3, -0.25) is 14.5 Å². The van der Waals surface area contributed by atoms with Crippen LogP contribution in [0.5, 0.6) is 0 Å². The molecule has 5 heteroatoms. The number of hydrogen-bond acceptors (Lipinski definition) is 3. The molecule has 0 fully saturated rings. The maximum atomic E-state index is 12.8. The Morgan fingerprint density at radius 2 is 1.89 bits per heavy atom. The van der Waals surface area contributed by atoms with Crippen LogP contribution in [0.25, 0.3) is 10.9 Å². The van der Waals surface area contributed by atoms with Gasteiger partial charge in [0.15, 0.2) is 0 Å². The van der Waals surface area contributed by atoms with Crippen LogP contribution in [0, 0.1) is 0 Å². The molecule has 1 aliphatic heterocycles. The fourth-order valence-electron chi connectivity index (χ4n) is 3.84. The van der Waals surface area contributed by atoms with E-state index in [1.807, 2.05) is 31.2 Å². The molecule has 2 N–H and O–H groups in total. The largest absolute Gasteiger partial charge is 0.348 e. The van der Waals surface area contributed by atoms with E-state index in [4.69, 9.17) is 0 Å². The standard InChI is InChI=1S/C22H23N3O2/c1-15(13-25-11-10-16-6-2-3-7-17(16)14-25)23-22(27)19-12-21(26)24-20-9-5-4-8-18(19)20/h2-9,12,15H,10-11,13-14H2,1H3,(H,23,27)(H,24,26)/t15-/m1/s1. The van der Waals surface area contributed by atoms with Crippen molar-refractivity contribution in [2.45, 2.75) is 25.9 Å². The van der Waals surface area contributed by atoms with E-state index in [0.717, 1.165) is 31.4 Å². The molecule has 4 rings (SSSR count). The first-order valence-corrected chi connectivity index (χ1v) is 9.32. The predicted octanol–water partition coefficient (Wildman–Crippen LogP) is 2.70. The van der Waals surface area contributed by atoms with E-state index in [-0.39, 0.29) is 17.5 Å². The molecule has 0 saturated heterocycles. The number of rotatable bonds is 4. The highest BCUT2D eigenvalue weighted by molar-refractivity contribution is 6.06. The lowest BCUT2D eigenvalue weighted by molar-refractivity contribution is 0.0928. The van der Waals surface area contributed by atoms with Gasteiger partial charge in [0, 0.05) is 42.6 Å². The number of nitrogens with zero attached hydrogens (tertiary/aromatic N) is 1. The first kappa shape index (κ1) is 17.5. The number of carbonyl (C=O) groups is 1. The van der Waals surface area contributed by atoms with Crippen molar-refractivity contribution in [3.8, 4) is 0 Å². The van der Waals surface area contributed by atoms with Crippen molar-refractivity contribution in [2.24, 2.45) is 0 Å². The van der Waals surface area contributed by atoms with Crippen LogP contribution in [-0.4, -0.2) is 34.9 Å². The number of carbonyl (C=O) groups excluding carboxylic acids is 1. The Labute approximate surface area is 158 Å². The number of aromatic amines is 1. The van der Waals surface area contributed by atoms with Crippen LogP contribution in [0.15, 0.2) is 59.4 Å². The second-order valence-corrected chi connectivity index (χ2v) is 7.22. The highest BCUT2D eigenvalue weighted by atomic mass is 16.2. The Bertz CT molecular complexity index is 1040. The van der Waals surface area contributed by atoms with Crippen molar-refractivity contribution in [2.75, 3.05) is 13.1 Å². The van der Waals surface area contributed by atoms with Crippen LogP contribution in [0.4, 0.5) is 0 Å². The molecule has 138 valence electrons. The SMILES string of the molecule is C[C@H](CN1CCc2ccccc2C1)NC(=O)c1cc(=O)[nH]c2ccccc12. The van der Waals surface area contributed by atoms with Crippen LogP contribution in [-0.2, 0) is 13.0 Å². The first-order valence-electron chi connectivity index (χ1n) is 9.32. The lowest BCUT2D eigenvalue weighted by Crippen LogP contribution is -2.43. The van der Waals surface area contributed by atoms with Crippen LogP contribution < -0.4 is 10.9 Å². The molecule has 3 aromatic rings. The summed E-state index contributed by atoms with van der Waals surface area (Å²) in [6.07, 6.45) is 1.04. The molecule has 1 aliphatic rings. The molecule has 1 atom stereocenters. The highest BCUT2D eigenvalue weighted by Gasteiger charge is 2.19. The van der Waals surface area contributed by atoms with E-state index in [0.29, 0.717) is 11.1 Å². The number of hydrogen-bond donors (Lipinski definition) is 2. The smallest absolute Gasteiger partial charge is 0.252 e. The predicted molar refractivity (Wildman–Crippen MR) is 107 cm³/mol. The molecule has 0 spiro atoms. The van der Waals surface area contributed by atoms with Gasteiger partial charge in [0.1, 0.15) is 0 Å². The van der Waals surface area contributed by atoms with Gasteiger partial charge in [-0.15, -0.1) is 0 Å². The number of fused-ring (bicyclic) bond motifs is 2. The summed E-state index contributed by atoms with van der Waals surface area (Å²) in [6.45, 7) is 4.68. The average Bonchev–Trinajstić information content (AvgIpc) is 2.67. The van der Waals surface area contributed by atoms with Crippen molar-refractivity contribution in [3.63, 3.8) is 0 Å². The fraction of sp³-hybridized carbons (Fsp3) is 0.273. The van der Waals surface area contributed by atoms with Gasteiger partial charge in [-0.1, -0.05) is 42.5 Å². The maximum Gasteiger partial charge on any atom is 0.252 e. The minimum Gasteiger partial charge on any atom is -0.348 e. The Balaban J connectivity index is 1.45. The Hall–Kier alpha value is -2.92. The molecule has 0 unspecified atom stereocenters. The molecule has 0 aliphatic carbocycles. The van der Waals surface area contributed by atoms with Gasteiger partial charge in [-0.05, 0) is 30.5 Å². The summed E-state index contributed by atoms with van der Waals surface area (Å²) in [5.41, 5.74) is 3.61. The molecule has 0 radical (unpaired) electrons. The third-order valence-electron chi connectivity index (χ3n) is 5.11. The lowest BCUT2D eigenvalue weighted by atomic mass is 9.99. The number of nitrogens with one attached hydrogen (secondary N) is 2. The van der Waals surface area contributed by atoms with Crippen molar-refractivity contribution >= 4 is 16.8 Å². The van der Waals surface area contributed by atoms with Crippen LogP contribution in [0.2, 0.25) is 0 Å². The third kappa shape index (κ3) is 3.78. The molecule has 1 amide bonds. The summed E-state index contributed by atoms with van der Waals surface area (Å²) in [7, 11) is 0. The van der Waals surface area contributed by atoms with Gasteiger partial charge in [0.25, 0.3) is 5.91 Å². The van der Waals surface area contributed by atoms with Crippen LogP contribution in [0.3, 0.4) is 0 Å². The summed E-state index contributed by atoms with van der Waals surface area (Å²) < 4.78 is 0. The molecular weight excluding hydrogens is 338 g/mol. The van der Waals surface area contributed by atoms with E-state index in [1.165, 1.54) is 17.2 Å². The number of H-pyrrole nitrogens is 1. The zero-order valence-electron chi connectivity index (χ0n) is 15.4. The van der Waals surface area contributed by atoms with Crippen molar-refractivity contribution in [3.05, 3.63) is 81.6 Å². The molecular formula is C22H23N3O2. The normalized spacial score (nSPS) is 15.3. The van der Waals surface area contributed by atoms with Gasteiger partial charge >= 0.3 is 0 Å². The Morgan fingerprint density at radius 1 is 1.15 bits per heavy atom. The van der Waals surface area contributed by atoms with Gasteiger partial charge in [-0.25, -0.2) is 0 Å². The minimum absolute atomic E-state index is 0.0131. The molecule has 2 heterocycles. The van der Waals surface area contributed by atoms with Gasteiger partial charge in [0.05, 0.1) is 5.56 Å². The third-order valence-corrected chi connectivity index (χ3v) is 5.11. The number of aromatic nitrogens is 1. The van der Waals surface area contributed by atoms with E-state index in [1.54, 1.807) is 0 Å². The Morgan fingerprint density at radius 3 is 2.74 bits per heavy atom. The number of amides is 1. The number of pyridine rings is 1. The first-order chi connectivity index (χ1) is 13.1. The summed E-state index contributed by atoms with van der Waals surface area (Å²) in [4.78, 5) is 29.8. The molecule has 1 aromatic heterocycles. The van der Waals surface area contributed by atoms with Gasteiger partial charge in [0.2, 0.25) is 5.56 Å². The maximum absolute atomic E-state index is 12.8. The zero-order valence-corrected chi connectivity index (χ0v) is 15.4. The molecule has 27 heavy (non-hydrogen) atoms. The molecule has 5 nitrogen and oxygen atoms in total. The van der Waals surface area contributed by atoms with Crippen LogP contribution in [0.1, 0.15) is 28.4 Å². The second-order valence-electron chi connectivity index (χ2n) is 7.22. The number of para-hydroxylation sites is 1. The quantitative estimate of drug-likeness (QED) is 0.751. The number of benzene rings is 2. The van der Waals surface area contributed by atoms with E-state index >= 15 is 0 Å². The molecule has 0 bridgehead atoms. The molecule has 0 saturated carbocycles. The lowest BCUT2D eigenvalue weighted by Gasteiger charge is -2.31. The van der Waals surface area contributed by atoms with E-state index in [2.05, 4.69) is 39.5 Å². The summed E-state index contributed by atoms with van der Waals surface area (Å²) in [5.74, 6) is -0.206. The van der Waals surface area contributed by atoms with Gasteiger partial charge < -0.3 is 10.3 Å². The Kier molecular flexibility index (Phi) is 4.77. The zero-order chi connectivity index (χ0) is 18.8. The topological polar surface area (TPSA) is 65.2 Å². The van der Waals surface area contributed by atoms with E-state index < -0.39 is 0 Å². The van der Waals surface area contributed by atoms with Crippen molar-refractivity contribution < 1.29 is 4.79 Å².